The smallest absolute Gasteiger partial charge is 0.200 e. The molecular formula is C20H26ClN3O3. The molecule has 6 nitrogen and oxygen atoms in total. The quantitative estimate of drug-likeness (QED) is 0.475. The summed E-state index contributed by atoms with van der Waals surface area (Å²) >= 11 is 6.02. The molecule has 0 aromatic heterocycles. The molecule has 0 atom stereocenters. The first-order valence-electron chi connectivity index (χ1n) is 8.77. The number of hydrogen-bond acceptors (Lipinski definition) is 4. The van der Waals surface area contributed by atoms with E-state index in [2.05, 4.69) is 15.6 Å². The third-order valence-corrected chi connectivity index (χ3v) is 4.13. The number of benzene rings is 2. The molecule has 0 aliphatic rings. The molecule has 146 valence electrons. The Kier molecular flexibility index (Phi) is 8.07. The third kappa shape index (κ3) is 6.25. The number of phenols is 1. The van der Waals surface area contributed by atoms with Gasteiger partial charge < -0.3 is 25.2 Å². The van der Waals surface area contributed by atoms with Crippen molar-refractivity contribution in [3.8, 4) is 17.2 Å². The fourth-order valence-electron chi connectivity index (χ4n) is 2.57. The van der Waals surface area contributed by atoms with Crippen molar-refractivity contribution in [2.24, 2.45) is 4.99 Å². The number of hydrogen-bond donors (Lipinski definition) is 3. The summed E-state index contributed by atoms with van der Waals surface area (Å²) in [5.41, 5.74) is 2.03. The summed E-state index contributed by atoms with van der Waals surface area (Å²) in [7, 11) is 3.01. The van der Waals surface area contributed by atoms with Crippen LogP contribution in [-0.2, 0) is 13.0 Å². The molecule has 0 fully saturated rings. The van der Waals surface area contributed by atoms with Gasteiger partial charge in [-0.2, -0.15) is 0 Å². The predicted molar refractivity (Wildman–Crippen MR) is 109 cm³/mol. The van der Waals surface area contributed by atoms with Gasteiger partial charge in [0.2, 0.25) is 5.75 Å². The molecule has 0 saturated heterocycles. The molecule has 0 spiro atoms. The van der Waals surface area contributed by atoms with Gasteiger partial charge in [0, 0.05) is 18.1 Å². The molecule has 27 heavy (non-hydrogen) atoms. The van der Waals surface area contributed by atoms with Gasteiger partial charge in [0.05, 0.1) is 20.8 Å². The Labute approximate surface area is 165 Å². The minimum atomic E-state index is -0.0146. The molecule has 2 aromatic carbocycles. The van der Waals surface area contributed by atoms with Crippen LogP contribution in [0.1, 0.15) is 18.1 Å². The molecule has 0 heterocycles. The molecule has 2 aromatic rings. The summed E-state index contributed by atoms with van der Waals surface area (Å²) in [6.07, 6.45) is 0.839. The highest BCUT2D eigenvalue weighted by Crippen LogP contribution is 2.37. The molecule has 0 radical (unpaired) electrons. The van der Waals surface area contributed by atoms with E-state index in [-0.39, 0.29) is 5.75 Å². The van der Waals surface area contributed by atoms with Crippen molar-refractivity contribution in [3.05, 3.63) is 52.5 Å². The van der Waals surface area contributed by atoms with Crippen molar-refractivity contribution in [3.63, 3.8) is 0 Å². The minimum Gasteiger partial charge on any atom is -0.502 e. The highest BCUT2D eigenvalue weighted by atomic mass is 35.5. The second-order valence-electron chi connectivity index (χ2n) is 5.85. The molecule has 0 unspecified atom stereocenters. The van der Waals surface area contributed by atoms with Crippen LogP contribution in [-0.4, -0.2) is 38.4 Å². The fraction of sp³-hybridized carbons (Fsp3) is 0.350. The molecule has 7 heteroatoms. The van der Waals surface area contributed by atoms with Crippen LogP contribution in [0.3, 0.4) is 0 Å². The van der Waals surface area contributed by atoms with Gasteiger partial charge in [0.25, 0.3) is 0 Å². The van der Waals surface area contributed by atoms with Crippen molar-refractivity contribution in [1.82, 2.24) is 10.6 Å². The molecule has 3 N–H and O–H groups in total. The Morgan fingerprint density at radius 1 is 1.07 bits per heavy atom. The van der Waals surface area contributed by atoms with Gasteiger partial charge in [0.1, 0.15) is 0 Å². The number of ether oxygens (including phenoxy) is 2. The molecule has 0 aliphatic carbocycles. The van der Waals surface area contributed by atoms with Gasteiger partial charge in [-0.1, -0.05) is 23.7 Å². The Morgan fingerprint density at radius 2 is 1.78 bits per heavy atom. The summed E-state index contributed by atoms with van der Waals surface area (Å²) in [5, 5.41) is 17.3. The molecule has 2 rings (SSSR count). The van der Waals surface area contributed by atoms with Gasteiger partial charge >= 0.3 is 0 Å². The number of nitrogens with zero attached hydrogens (tertiary/aromatic N) is 1. The Bertz CT molecular complexity index is 756. The highest BCUT2D eigenvalue weighted by Gasteiger charge is 2.11. The van der Waals surface area contributed by atoms with Gasteiger partial charge in [0.15, 0.2) is 17.5 Å². The first-order chi connectivity index (χ1) is 13.1. The first-order valence-corrected chi connectivity index (χ1v) is 9.15. The van der Waals surface area contributed by atoms with Gasteiger partial charge in [-0.3, -0.25) is 0 Å². The largest absolute Gasteiger partial charge is 0.502 e. The zero-order valence-corrected chi connectivity index (χ0v) is 16.6. The molecule has 0 bridgehead atoms. The average molecular weight is 392 g/mol. The Morgan fingerprint density at radius 3 is 2.37 bits per heavy atom. The van der Waals surface area contributed by atoms with E-state index in [4.69, 9.17) is 21.1 Å². The lowest BCUT2D eigenvalue weighted by atomic mass is 10.1. The zero-order chi connectivity index (χ0) is 19.6. The van der Waals surface area contributed by atoms with E-state index in [9.17, 15) is 5.11 Å². The van der Waals surface area contributed by atoms with Crippen LogP contribution in [0.15, 0.2) is 41.4 Å². The van der Waals surface area contributed by atoms with Crippen LogP contribution >= 0.6 is 11.6 Å². The van der Waals surface area contributed by atoms with E-state index in [1.54, 1.807) is 12.1 Å². The van der Waals surface area contributed by atoms with Crippen molar-refractivity contribution in [2.45, 2.75) is 19.9 Å². The van der Waals surface area contributed by atoms with Crippen molar-refractivity contribution in [1.29, 1.82) is 0 Å². The lowest BCUT2D eigenvalue weighted by Crippen LogP contribution is -2.38. The Hall–Kier alpha value is -2.60. The summed E-state index contributed by atoms with van der Waals surface area (Å²) in [5.74, 6) is 1.42. The fourth-order valence-corrected chi connectivity index (χ4v) is 2.78. The molecule has 0 amide bonds. The minimum absolute atomic E-state index is 0.0146. The average Bonchev–Trinajstić information content (AvgIpc) is 2.67. The highest BCUT2D eigenvalue weighted by molar-refractivity contribution is 6.30. The second-order valence-corrected chi connectivity index (χ2v) is 6.29. The van der Waals surface area contributed by atoms with Gasteiger partial charge in [-0.05, 0) is 48.7 Å². The summed E-state index contributed by atoms with van der Waals surface area (Å²) in [6, 6.07) is 11.3. The summed E-state index contributed by atoms with van der Waals surface area (Å²) in [4.78, 5) is 4.59. The number of guanidine groups is 1. The predicted octanol–water partition coefficient (Wildman–Crippen LogP) is 3.36. The van der Waals surface area contributed by atoms with Crippen LogP contribution < -0.4 is 20.1 Å². The second kappa shape index (κ2) is 10.5. The molecule has 0 aliphatic heterocycles. The number of nitrogens with one attached hydrogen (secondary N) is 2. The maximum Gasteiger partial charge on any atom is 0.200 e. The van der Waals surface area contributed by atoms with E-state index in [0.29, 0.717) is 24.0 Å². The standard InChI is InChI=1S/C20H26ClN3O3/c1-4-22-20(23-9-8-14-6-5-7-16(21)10-14)24-13-15-11-17(26-2)19(25)18(12-15)27-3/h5-7,10-12,25H,4,8-9,13H2,1-3H3,(H2,22,23,24). The van der Waals surface area contributed by atoms with E-state index in [0.717, 1.165) is 30.1 Å². The van der Waals surface area contributed by atoms with E-state index in [1.807, 2.05) is 31.2 Å². The van der Waals surface area contributed by atoms with E-state index < -0.39 is 0 Å². The van der Waals surface area contributed by atoms with E-state index >= 15 is 0 Å². The summed E-state index contributed by atoms with van der Waals surface area (Å²) < 4.78 is 10.4. The Balaban J connectivity index is 2.02. The number of rotatable bonds is 8. The SMILES string of the molecule is CCNC(=NCc1cc(OC)c(O)c(OC)c1)NCCc1cccc(Cl)c1. The topological polar surface area (TPSA) is 75.1 Å². The maximum atomic E-state index is 10.00. The lowest BCUT2D eigenvalue weighted by molar-refractivity contribution is 0.339. The van der Waals surface area contributed by atoms with Crippen LogP contribution in [0.5, 0.6) is 17.2 Å². The lowest BCUT2D eigenvalue weighted by Gasteiger charge is -2.13. The van der Waals surface area contributed by atoms with Crippen molar-refractivity contribution in [2.75, 3.05) is 27.3 Å². The number of halogens is 1. The number of phenolic OH excluding ortho intramolecular Hbond substituents is 1. The van der Waals surface area contributed by atoms with Gasteiger partial charge in [-0.25, -0.2) is 4.99 Å². The first kappa shape index (κ1) is 20.7. The van der Waals surface area contributed by atoms with Crippen LogP contribution in [0.2, 0.25) is 5.02 Å². The third-order valence-electron chi connectivity index (χ3n) is 3.90. The molecule has 0 saturated carbocycles. The van der Waals surface area contributed by atoms with Crippen molar-refractivity contribution < 1.29 is 14.6 Å². The van der Waals surface area contributed by atoms with Crippen molar-refractivity contribution >= 4 is 17.6 Å². The summed E-state index contributed by atoms with van der Waals surface area (Å²) in [6.45, 7) is 3.92. The van der Waals surface area contributed by atoms with Crippen LogP contribution in [0.25, 0.3) is 0 Å². The zero-order valence-electron chi connectivity index (χ0n) is 15.9. The van der Waals surface area contributed by atoms with Crippen LogP contribution in [0.4, 0.5) is 0 Å². The van der Waals surface area contributed by atoms with Gasteiger partial charge in [-0.15, -0.1) is 0 Å². The normalized spacial score (nSPS) is 11.2. The molecular weight excluding hydrogens is 366 g/mol. The number of aliphatic imine (C=N–C) groups is 1. The van der Waals surface area contributed by atoms with Crippen LogP contribution in [0, 0.1) is 0 Å². The maximum absolute atomic E-state index is 10.00. The number of aromatic hydroxyl groups is 1. The number of methoxy groups -OCH3 is 2. The monoisotopic (exact) mass is 391 g/mol. The van der Waals surface area contributed by atoms with E-state index in [1.165, 1.54) is 19.8 Å².